The molecule has 0 aliphatic carbocycles. The standard InChI is InChI=1S/C25H26FN5O3S/c1-2-3-14-27-21(32)13-12-20-24(34)30-23-18-6-4-5-7-19(18)29-25(31(20)23)35-15-22(33)28-17-10-8-16(26)9-11-17/h4-11,20H,2-3,12-15H2,1H3,(H,27,32)(H,28,33). The molecule has 2 aliphatic heterocycles. The number of carbonyl (C=O) groups excluding carboxylic acids is 3. The maximum Gasteiger partial charge on any atom is 0.270 e. The number of nitrogens with zero attached hydrogens (tertiary/aromatic N) is 3. The number of benzene rings is 2. The molecule has 0 aromatic heterocycles. The number of hydrogen-bond acceptors (Lipinski definition) is 6. The van der Waals surface area contributed by atoms with Crippen LogP contribution in [0.25, 0.3) is 0 Å². The monoisotopic (exact) mass is 495 g/mol. The van der Waals surface area contributed by atoms with Crippen LogP contribution in [0.5, 0.6) is 0 Å². The van der Waals surface area contributed by atoms with Crippen LogP contribution in [0.15, 0.2) is 58.5 Å². The zero-order valence-electron chi connectivity index (χ0n) is 19.3. The van der Waals surface area contributed by atoms with Gasteiger partial charge >= 0.3 is 0 Å². The number of halogens is 1. The van der Waals surface area contributed by atoms with Crippen LogP contribution in [-0.2, 0) is 14.4 Å². The fraction of sp³-hybridized carbons (Fsp3) is 0.320. The molecule has 1 unspecified atom stereocenters. The first-order chi connectivity index (χ1) is 17.0. The molecule has 0 saturated carbocycles. The zero-order valence-corrected chi connectivity index (χ0v) is 20.1. The second kappa shape index (κ2) is 11.3. The maximum absolute atomic E-state index is 13.1. The molecule has 0 saturated heterocycles. The Balaban J connectivity index is 1.47. The highest BCUT2D eigenvalue weighted by Gasteiger charge is 2.41. The average Bonchev–Trinajstić information content (AvgIpc) is 3.19. The van der Waals surface area contributed by atoms with Gasteiger partial charge in [0, 0.05) is 24.2 Å². The summed E-state index contributed by atoms with van der Waals surface area (Å²) < 4.78 is 13.1. The quantitative estimate of drug-likeness (QED) is 0.515. The SMILES string of the molecule is CCCCNC(=O)CCC1C(=O)N=C2c3ccccc3N=C(SCC(=O)Nc3ccc(F)cc3)N21. The van der Waals surface area contributed by atoms with E-state index in [2.05, 4.69) is 22.5 Å². The van der Waals surface area contributed by atoms with Crippen molar-refractivity contribution in [2.45, 2.75) is 38.6 Å². The minimum absolute atomic E-state index is 0.0283. The Bertz CT molecular complexity index is 1180. The van der Waals surface area contributed by atoms with Crippen molar-refractivity contribution in [3.8, 4) is 0 Å². The Kier molecular flexibility index (Phi) is 7.91. The number of fused-ring (bicyclic) bond motifs is 3. The second-order valence-corrected chi connectivity index (χ2v) is 9.10. The lowest BCUT2D eigenvalue weighted by molar-refractivity contribution is -0.122. The topological polar surface area (TPSA) is 103 Å². The molecular formula is C25H26FN5O3S. The molecule has 182 valence electrons. The summed E-state index contributed by atoms with van der Waals surface area (Å²) in [4.78, 5) is 48.3. The van der Waals surface area contributed by atoms with Crippen LogP contribution in [0.4, 0.5) is 15.8 Å². The predicted octanol–water partition coefficient (Wildman–Crippen LogP) is 3.85. The lowest BCUT2D eigenvalue weighted by Gasteiger charge is -2.31. The van der Waals surface area contributed by atoms with E-state index in [1.807, 2.05) is 24.3 Å². The predicted molar refractivity (Wildman–Crippen MR) is 135 cm³/mol. The van der Waals surface area contributed by atoms with Crippen molar-refractivity contribution < 1.29 is 18.8 Å². The Morgan fingerprint density at radius 2 is 1.86 bits per heavy atom. The third-order valence-corrected chi connectivity index (χ3v) is 6.52. The van der Waals surface area contributed by atoms with E-state index in [0.717, 1.165) is 18.4 Å². The van der Waals surface area contributed by atoms with Crippen molar-refractivity contribution in [1.82, 2.24) is 10.2 Å². The third-order valence-electron chi connectivity index (χ3n) is 5.57. The summed E-state index contributed by atoms with van der Waals surface area (Å²) in [6.45, 7) is 2.66. The Hall–Kier alpha value is -3.53. The highest BCUT2D eigenvalue weighted by atomic mass is 32.2. The molecule has 4 rings (SSSR count). The van der Waals surface area contributed by atoms with Gasteiger partial charge in [0.05, 0.1) is 11.4 Å². The van der Waals surface area contributed by atoms with Gasteiger partial charge in [-0.15, -0.1) is 0 Å². The van der Waals surface area contributed by atoms with Gasteiger partial charge in [-0.25, -0.2) is 9.38 Å². The van der Waals surface area contributed by atoms with Crippen LogP contribution in [-0.4, -0.2) is 52.0 Å². The number of anilines is 1. The van der Waals surface area contributed by atoms with E-state index >= 15 is 0 Å². The number of amidine groups is 2. The smallest absolute Gasteiger partial charge is 0.270 e. The molecule has 35 heavy (non-hydrogen) atoms. The molecule has 2 heterocycles. The second-order valence-electron chi connectivity index (χ2n) is 8.16. The number of rotatable bonds is 9. The number of amides is 3. The van der Waals surface area contributed by atoms with Gasteiger partial charge in [0.1, 0.15) is 17.7 Å². The molecule has 10 heteroatoms. The average molecular weight is 496 g/mol. The largest absolute Gasteiger partial charge is 0.356 e. The van der Waals surface area contributed by atoms with E-state index in [9.17, 15) is 18.8 Å². The molecule has 0 spiro atoms. The summed E-state index contributed by atoms with van der Waals surface area (Å²) in [7, 11) is 0. The van der Waals surface area contributed by atoms with Crippen molar-refractivity contribution in [2.75, 3.05) is 17.6 Å². The van der Waals surface area contributed by atoms with Gasteiger partial charge in [0.2, 0.25) is 11.8 Å². The molecule has 8 nitrogen and oxygen atoms in total. The first kappa shape index (κ1) is 24.6. The number of unbranched alkanes of at least 4 members (excludes halogenated alkanes) is 1. The number of hydrogen-bond donors (Lipinski definition) is 2. The van der Waals surface area contributed by atoms with Gasteiger partial charge in [0.15, 0.2) is 5.17 Å². The fourth-order valence-corrected chi connectivity index (χ4v) is 4.65. The van der Waals surface area contributed by atoms with E-state index in [1.54, 1.807) is 4.90 Å². The highest BCUT2D eigenvalue weighted by Crippen LogP contribution is 2.35. The molecule has 2 aliphatic rings. The van der Waals surface area contributed by atoms with Crippen molar-refractivity contribution >= 4 is 51.9 Å². The zero-order chi connectivity index (χ0) is 24.8. The molecule has 2 aromatic carbocycles. The Morgan fingerprint density at radius 3 is 2.63 bits per heavy atom. The number of nitrogens with one attached hydrogen (secondary N) is 2. The van der Waals surface area contributed by atoms with Crippen LogP contribution in [0.1, 0.15) is 38.2 Å². The lowest BCUT2D eigenvalue weighted by Crippen LogP contribution is -2.44. The summed E-state index contributed by atoms with van der Waals surface area (Å²) in [6, 6.07) is 12.2. The number of carbonyl (C=O) groups is 3. The van der Waals surface area contributed by atoms with Crippen LogP contribution in [0.2, 0.25) is 0 Å². The molecule has 3 amide bonds. The third kappa shape index (κ3) is 5.94. The van der Waals surface area contributed by atoms with Gasteiger partial charge in [0.25, 0.3) is 5.91 Å². The normalized spacial score (nSPS) is 16.2. The van der Waals surface area contributed by atoms with Crippen molar-refractivity contribution in [1.29, 1.82) is 0 Å². The Morgan fingerprint density at radius 1 is 1.09 bits per heavy atom. The van der Waals surface area contributed by atoms with E-state index in [0.29, 0.717) is 28.9 Å². The number of aliphatic imine (C=N–C) groups is 2. The van der Waals surface area contributed by atoms with Gasteiger partial charge < -0.3 is 10.6 Å². The van der Waals surface area contributed by atoms with Crippen LogP contribution >= 0.6 is 11.8 Å². The van der Waals surface area contributed by atoms with Gasteiger partial charge in [-0.2, -0.15) is 4.99 Å². The summed E-state index contributed by atoms with van der Waals surface area (Å²) in [5, 5.41) is 6.06. The number of thioether (sulfide) groups is 1. The summed E-state index contributed by atoms with van der Waals surface area (Å²) in [5.74, 6) is -0.606. The molecule has 0 radical (unpaired) electrons. The molecule has 0 fully saturated rings. The summed E-state index contributed by atoms with van der Waals surface area (Å²) in [5.41, 5.74) is 1.88. The summed E-state index contributed by atoms with van der Waals surface area (Å²) >= 11 is 1.18. The van der Waals surface area contributed by atoms with Crippen LogP contribution < -0.4 is 10.6 Å². The van der Waals surface area contributed by atoms with E-state index < -0.39 is 6.04 Å². The van der Waals surface area contributed by atoms with E-state index in [1.165, 1.54) is 36.0 Å². The highest BCUT2D eigenvalue weighted by molar-refractivity contribution is 8.14. The van der Waals surface area contributed by atoms with Crippen LogP contribution in [0, 0.1) is 5.82 Å². The molecule has 2 aromatic rings. The van der Waals surface area contributed by atoms with Crippen molar-refractivity contribution in [2.24, 2.45) is 9.98 Å². The van der Waals surface area contributed by atoms with Crippen LogP contribution in [0.3, 0.4) is 0 Å². The molecule has 0 bridgehead atoms. The first-order valence-electron chi connectivity index (χ1n) is 11.5. The van der Waals surface area contributed by atoms with Gasteiger partial charge in [-0.3, -0.25) is 19.3 Å². The molecule has 1 atom stereocenters. The maximum atomic E-state index is 13.1. The molecule has 2 N–H and O–H groups in total. The molecular weight excluding hydrogens is 469 g/mol. The minimum Gasteiger partial charge on any atom is -0.356 e. The summed E-state index contributed by atoms with van der Waals surface area (Å²) in [6.07, 6.45) is 2.35. The Labute approximate surface area is 207 Å². The first-order valence-corrected chi connectivity index (χ1v) is 12.5. The number of para-hydroxylation sites is 1. The van der Waals surface area contributed by atoms with Gasteiger partial charge in [-0.1, -0.05) is 37.2 Å². The van der Waals surface area contributed by atoms with Gasteiger partial charge in [-0.05, 0) is 49.2 Å². The lowest BCUT2D eigenvalue weighted by atomic mass is 10.1. The van der Waals surface area contributed by atoms with Crippen molar-refractivity contribution in [3.05, 3.63) is 59.9 Å². The minimum atomic E-state index is -0.665. The van der Waals surface area contributed by atoms with Crippen molar-refractivity contribution in [3.63, 3.8) is 0 Å². The van der Waals surface area contributed by atoms with E-state index in [-0.39, 0.29) is 42.1 Å². The van der Waals surface area contributed by atoms with E-state index in [4.69, 9.17) is 4.99 Å². The fourth-order valence-electron chi connectivity index (χ4n) is 3.80.